The molecule has 0 aliphatic carbocycles. The molecule has 0 bridgehead atoms. The van der Waals surface area contributed by atoms with Gasteiger partial charge < -0.3 is 10.5 Å². The number of anilines is 1. The largest absolute Gasteiger partial charge is 0.482 e. The van der Waals surface area contributed by atoms with Crippen molar-refractivity contribution in [2.75, 3.05) is 12.3 Å². The summed E-state index contributed by atoms with van der Waals surface area (Å²) in [5.74, 6) is -0.118. The summed E-state index contributed by atoms with van der Waals surface area (Å²) in [7, 11) is 0. The molecule has 0 aliphatic heterocycles. The summed E-state index contributed by atoms with van der Waals surface area (Å²) in [4.78, 5) is 22.8. The second-order valence-corrected chi connectivity index (χ2v) is 4.83. The summed E-state index contributed by atoms with van der Waals surface area (Å²) in [5, 5.41) is 0. The van der Waals surface area contributed by atoms with Crippen LogP contribution in [0, 0.1) is 0 Å². The van der Waals surface area contributed by atoms with Gasteiger partial charge in [0.25, 0.3) is 0 Å². The van der Waals surface area contributed by atoms with Crippen LogP contribution in [-0.4, -0.2) is 18.7 Å². The molecule has 2 aromatic rings. The lowest BCUT2D eigenvalue weighted by atomic mass is 10.2. The first-order valence-corrected chi connectivity index (χ1v) is 7.08. The van der Waals surface area contributed by atoms with Crippen LogP contribution in [0.3, 0.4) is 0 Å². The molecule has 0 aromatic heterocycles. The number of hydrogen-bond acceptors (Lipinski definition) is 4. The maximum Gasteiger partial charge on any atom is 0.193 e. The van der Waals surface area contributed by atoms with Crippen LogP contribution in [-0.2, 0) is 14.3 Å². The fraction of sp³-hybridized carbons (Fsp3) is 0.0526. The van der Waals surface area contributed by atoms with Crippen molar-refractivity contribution < 1.29 is 14.3 Å². The Morgan fingerprint density at radius 2 is 1.70 bits per heavy atom. The Kier molecular flexibility index (Phi) is 5.89. The zero-order chi connectivity index (χ0) is 16.5. The molecule has 0 saturated carbocycles. The van der Waals surface area contributed by atoms with Crippen LogP contribution in [0.2, 0.25) is 0 Å². The van der Waals surface area contributed by atoms with Crippen LogP contribution in [0.25, 0.3) is 12.2 Å². The highest BCUT2D eigenvalue weighted by Gasteiger charge is 2.02. The summed E-state index contributed by atoms with van der Waals surface area (Å²) >= 11 is 0. The van der Waals surface area contributed by atoms with E-state index >= 15 is 0 Å². The van der Waals surface area contributed by atoms with Crippen molar-refractivity contribution in [1.82, 2.24) is 0 Å². The molecule has 2 aromatic carbocycles. The first-order chi connectivity index (χ1) is 11.2. The molecule has 0 heterocycles. The normalized spacial score (nSPS) is 11.4. The quantitative estimate of drug-likeness (QED) is 0.369. The molecule has 0 saturated heterocycles. The van der Waals surface area contributed by atoms with Crippen molar-refractivity contribution in [3.8, 4) is 0 Å². The van der Waals surface area contributed by atoms with Crippen LogP contribution < -0.4 is 5.73 Å². The van der Waals surface area contributed by atoms with Gasteiger partial charge in [0.2, 0.25) is 0 Å². The van der Waals surface area contributed by atoms with E-state index in [0.29, 0.717) is 12.0 Å². The number of benzene rings is 2. The van der Waals surface area contributed by atoms with Crippen molar-refractivity contribution in [2.45, 2.75) is 0 Å². The SMILES string of the molecule is Nc1ccc(C=CC(=O)COC(C=O)=Cc2ccccc2)cc1. The molecule has 0 amide bonds. The van der Waals surface area contributed by atoms with Gasteiger partial charge in [-0.3, -0.25) is 9.59 Å². The van der Waals surface area contributed by atoms with Gasteiger partial charge >= 0.3 is 0 Å². The Balaban J connectivity index is 1.91. The average molecular weight is 307 g/mol. The van der Waals surface area contributed by atoms with Gasteiger partial charge in [-0.15, -0.1) is 0 Å². The molecule has 2 N–H and O–H groups in total. The molecule has 0 fully saturated rings. The van der Waals surface area contributed by atoms with Crippen molar-refractivity contribution in [1.29, 1.82) is 0 Å². The Morgan fingerprint density at radius 3 is 2.35 bits per heavy atom. The zero-order valence-corrected chi connectivity index (χ0v) is 12.5. The fourth-order valence-corrected chi connectivity index (χ4v) is 1.82. The highest BCUT2D eigenvalue weighted by Crippen LogP contribution is 2.08. The summed E-state index contributed by atoms with van der Waals surface area (Å²) in [6.07, 6.45) is 5.26. The summed E-state index contributed by atoms with van der Waals surface area (Å²) in [5.41, 5.74) is 7.95. The number of allylic oxidation sites excluding steroid dienone is 1. The minimum Gasteiger partial charge on any atom is -0.482 e. The maximum absolute atomic E-state index is 11.8. The topological polar surface area (TPSA) is 69.4 Å². The van der Waals surface area contributed by atoms with Gasteiger partial charge in [-0.2, -0.15) is 0 Å². The first kappa shape index (κ1) is 16.2. The Bertz CT molecular complexity index is 716. The zero-order valence-electron chi connectivity index (χ0n) is 12.5. The lowest BCUT2D eigenvalue weighted by Crippen LogP contribution is -2.06. The molecular formula is C19H17NO3. The van der Waals surface area contributed by atoms with Gasteiger partial charge in [0.1, 0.15) is 0 Å². The number of carbonyl (C=O) groups is 2. The minimum atomic E-state index is -0.234. The molecule has 0 atom stereocenters. The molecule has 116 valence electrons. The second kappa shape index (κ2) is 8.34. The first-order valence-electron chi connectivity index (χ1n) is 7.08. The van der Waals surface area contributed by atoms with Crippen LogP contribution in [0.1, 0.15) is 11.1 Å². The highest BCUT2D eigenvalue weighted by molar-refractivity contribution is 5.95. The van der Waals surface area contributed by atoms with Gasteiger partial charge in [0, 0.05) is 5.69 Å². The molecule has 23 heavy (non-hydrogen) atoms. The van der Waals surface area contributed by atoms with Gasteiger partial charge in [-0.1, -0.05) is 48.5 Å². The summed E-state index contributed by atoms with van der Waals surface area (Å²) in [6, 6.07) is 16.4. The summed E-state index contributed by atoms with van der Waals surface area (Å²) < 4.78 is 5.24. The second-order valence-electron chi connectivity index (χ2n) is 4.83. The van der Waals surface area contributed by atoms with Crippen LogP contribution in [0.5, 0.6) is 0 Å². The summed E-state index contributed by atoms with van der Waals surface area (Å²) in [6.45, 7) is -0.192. The predicted octanol–water partition coefficient (Wildman–Crippen LogP) is 3.11. The number of nitrogens with two attached hydrogens (primary N) is 1. The third kappa shape index (κ3) is 5.63. The smallest absolute Gasteiger partial charge is 0.193 e. The third-order valence-corrected chi connectivity index (χ3v) is 3.00. The van der Waals surface area contributed by atoms with Crippen LogP contribution in [0.15, 0.2) is 66.4 Å². The molecule has 2 rings (SSSR count). The lowest BCUT2D eigenvalue weighted by Gasteiger charge is -2.03. The van der Waals surface area contributed by atoms with Gasteiger partial charge in [-0.05, 0) is 35.4 Å². The predicted molar refractivity (Wildman–Crippen MR) is 91.3 cm³/mol. The number of aldehydes is 1. The standard InChI is InChI=1S/C19H17NO3/c20-17-9-6-15(7-10-17)8-11-18(22)14-23-19(13-21)12-16-4-2-1-3-5-16/h1-13H,14,20H2. The number of ether oxygens (including phenoxy) is 1. The van der Waals surface area contributed by atoms with E-state index in [-0.39, 0.29) is 18.1 Å². The van der Waals surface area contributed by atoms with E-state index in [9.17, 15) is 9.59 Å². The van der Waals surface area contributed by atoms with E-state index in [0.717, 1.165) is 11.1 Å². The van der Waals surface area contributed by atoms with Crippen LogP contribution in [0.4, 0.5) is 5.69 Å². The van der Waals surface area contributed by atoms with E-state index in [1.807, 2.05) is 42.5 Å². The Morgan fingerprint density at radius 1 is 1.00 bits per heavy atom. The number of hydrogen-bond donors (Lipinski definition) is 1. The average Bonchev–Trinajstić information content (AvgIpc) is 2.59. The van der Waals surface area contributed by atoms with Crippen molar-refractivity contribution >= 4 is 29.9 Å². The van der Waals surface area contributed by atoms with Gasteiger partial charge in [0.05, 0.1) is 0 Å². The molecular weight excluding hydrogens is 290 g/mol. The fourth-order valence-electron chi connectivity index (χ4n) is 1.82. The molecule has 0 unspecified atom stereocenters. The third-order valence-electron chi connectivity index (χ3n) is 3.00. The van der Waals surface area contributed by atoms with E-state index in [2.05, 4.69) is 0 Å². The number of nitrogen functional groups attached to an aromatic ring is 1. The van der Waals surface area contributed by atoms with Crippen molar-refractivity contribution in [3.05, 3.63) is 77.6 Å². The highest BCUT2D eigenvalue weighted by atomic mass is 16.5. The van der Waals surface area contributed by atoms with Crippen LogP contribution >= 0.6 is 0 Å². The maximum atomic E-state index is 11.8. The molecule has 0 radical (unpaired) electrons. The lowest BCUT2D eigenvalue weighted by molar-refractivity contribution is -0.118. The molecule has 4 heteroatoms. The number of rotatable bonds is 7. The number of ketones is 1. The number of carbonyl (C=O) groups excluding carboxylic acids is 2. The Hall–Kier alpha value is -3.14. The minimum absolute atomic E-state index is 0.116. The monoisotopic (exact) mass is 307 g/mol. The van der Waals surface area contributed by atoms with E-state index < -0.39 is 0 Å². The Labute approximate surface area is 134 Å². The molecule has 4 nitrogen and oxygen atoms in total. The molecule has 0 aliphatic rings. The van der Waals surface area contributed by atoms with Crippen molar-refractivity contribution in [2.24, 2.45) is 0 Å². The van der Waals surface area contributed by atoms with Crippen molar-refractivity contribution in [3.63, 3.8) is 0 Å². The van der Waals surface area contributed by atoms with E-state index in [1.165, 1.54) is 6.08 Å². The van der Waals surface area contributed by atoms with E-state index in [4.69, 9.17) is 10.5 Å². The van der Waals surface area contributed by atoms with Gasteiger partial charge in [0.15, 0.2) is 24.4 Å². The van der Waals surface area contributed by atoms with E-state index in [1.54, 1.807) is 24.3 Å². The van der Waals surface area contributed by atoms with Gasteiger partial charge in [-0.25, -0.2) is 0 Å². The molecule has 0 spiro atoms.